The van der Waals surface area contributed by atoms with E-state index in [1.807, 2.05) is 0 Å². The Kier molecular flexibility index (Phi) is 4.30. The average molecular weight is 368 g/mol. The second kappa shape index (κ2) is 6.05. The van der Waals surface area contributed by atoms with Gasteiger partial charge in [-0.1, -0.05) is 0 Å². The van der Waals surface area contributed by atoms with Crippen LogP contribution in [0.2, 0.25) is 0 Å². The molecule has 134 valence electrons. The Morgan fingerprint density at radius 3 is 2.00 bits per heavy atom. The van der Waals surface area contributed by atoms with Crippen LogP contribution in [0, 0.1) is 11.6 Å². The third-order valence-corrected chi connectivity index (χ3v) is 4.67. The summed E-state index contributed by atoms with van der Waals surface area (Å²) in [6.45, 7) is 1.36. The Morgan fingerprint density at radius 1 is 1.08 bits per heavy atom. The lowest BCUT2D eigenvalue weighted by Gasteiger charge is -2.25. The number of fused-ring (bicyclic) bond motifs is 3. The van der Waals surface area contributed by atoms with Gasteiger partial charge in [-0.2, -0.15) is 0 Å². The number of aromatic nitrogens is 1. The van der Waals surface area contributed by atoms with Gasteiger partial charge in [0, 0.05) is 28.4 Å². The van der Waals surface area contributed by atoms with E-state index < -0.39 is 27.3 Å². The Balaban J connectivity index is 2.11. The molecule has 0 saturated heterocycles. The average Bonchev–Trinajstić information content (AvgIpc) is 2.77. The molecule has 5 nitrogen and oxygen atoms in total. The van der Waals surface area contributed by atoms with Crippen LogP contribution in [0.1, 0.15) is 6.92 Å². The first-order chi connectivity index (χ1) is 11.6. The Hall–Kier alpha value is -2.03. The van der Waals surface area contributed by atoms with Crippen molar-refractivity contribution in [3.63, 3.8) is 0 Å². The first-order valence-electron chi connectivity index (χ1n) is 7.60. The van der Waals surface area contributed by atoms with Gasteiger partial charge >= 0.3 is 0 Å². The maximum Gasteiger partial charge on any atom is 0.208 e. The maximum atomic E-state index is 13.6. The van der Waals surface area contributed by atoms with E-state index in [9.17, 15) is 22.3 Å². The molecule has 1 heterocycles. The highest BCUT2D eigenvalue weighted by molar-refractivity contribution is 7.88. The molecule has 0 saturated carbocycles. The van der Waals surface area contributed by atoms with E-state index in [0.29, 0.717) is 21.8 Å². The van der Waals surface area contributed by atoms with Crippen LogP contribution in [0.25, 0.3) is 21.8 Å². The van der Waals surface area contributed by atoms with Crippen LogP contribution in [-0.2, 0) is 16.6 Å². The van der Waals surface area contributed by atoms with Gasteiger partial charge in [0.1, 0.15) is 11.6 Å². The molecule has 0 aliphatic carbocycles. The van der Waals surface area contributed by atoms with Crippen LogP contribution in [0.4, 0.5) is 8.78 Å². The zero-order chi connectivity index (χ0) is 18.4. The summed E-state index contributed by atoms with van der Waals surface area (Å²) in [5.41, 5.74) is -0.145. The summed E-state index contributed by atoms with van der Waals surface area (Å²) in [6, 6.07) is 8.33. The van der Waals surface area contributed by atoms with E-state index in [1.165, 1.54) is 31.2 Å². The number of halogens is 2. The van der Waals surface area contributed by atoms with Crippen molar-refractivity contribution in [3.8, 4) is 0 Å². The molecule has 3 aromatic rings. The minimum atomic E-state index is -3.45. The lowest BCUT2D eigenvalue weighted by Crippen LogP contribution is -2.43. The van der Waals surface area contributed by atoms with Crippen molar-refractivity contribution in [2.75, 3.05) is 12.8 Å². The van der Waals surface area contributed by atoms with Gasteiger partial charge < -0.3 is 9.67 Å². The normalized spacial score (nSPS) is 14.9. The second-order valence-electron chi connectivity index (χ2n) is 6.50. The highest BCUT2D eigenvalue weighted by atomic mass is 32.2. The lowest BCUT2D eigenvalue weighted by molar-refractivity contribution is 0.0494. The molecule has 1 aromatic heterocycles. The van der Waals surface area contributed by atoms with Crippen LogP contribution >= 0.6 is 0 Å². The van der Waals surface area contributed by atoms with E-state index in [0.717, 1.165) is 6.26 Å². The number of hydrogen-bond acceptors (Lipinski definition) is 3. The van der Waals surface area contributed by atoms with Gasteiger partial charge in [0.05, 0.1) is 18.4 Å². The maximum absolute atomic E-state index is 13.6. The Labute approximate surface area is 143 Å². The van der Waals surface area contributed by atoms with Crippen LogP contribution in [0.5, 0.6) is 0 Å². The zero-order valence-electron chi connectivity index (χ0n) is 13.8. The number of nitrogens with one attached hydrogen (secondary N) is 1. The molecular formula is C17H18F2N2O3S. The zero-order valence-corrected chi connectivity index (χ0v) is 14.6. The van der Waals surface area contributed by atoms with Crippen molar-refractivity contribution in [2.45, 2.75) is 19.1 Å². The highest BCUT2D eigenvalue weighted by Crippen LogP contribution is 2.31. The standard InChI is InChI=1S/C17H18F2N2O3S/c1-17(22,9-20-25(2,23)24)10-21-15-5-3-11(18)7-13(15)14-8-12(19)4-6-16(14)21/h3-8,20,22H,9-10H2,1-2H3. The molecule has 25 heavy (non-hydrogen) atoms. The van der Waals surface area contributed by atoms with Gasteiger partial charge in [-0.15, -0.1) is 0 Å². The number of benzene rings is 2. The van der Waals surface area contributed by atoms with Gasteiger partial charge in [0.2, 0.25) is 10.0 Å². The number of rotatable bonds is 5. The molecule has 2 N–H and O–H groups in total. The molecule has 0 fully saturated rings. The number of nitrogens with zero attached hydrogens (tertiary/aromatic N) is 1. The van der Waals surface area contributed by atoms with Crippen LogP contribution in [-0.4, -0.2) is 36.5 Å². The molecule has 0 aliphatic heterocycles. The van der Waals surface area contributed by atoms with Crippen molar-refractivity contribution < 1.29 is 22.3 Å². The van der Waals surface area contributed by atoms with Crippen LogP contribution < -0.4 is 4.72 Å². The fraction of sp³-hybridized carbons (Fsp3) is 0.294. The third kappa shape index (κ3) is 3.81. The molecule has 1 unspecified atom stereocenters. The topological polar surface area (TPSA) is 71.3 Å². The fourth-order valence-electron chi connectivity index (χ4n) is 2.90. The highest BCUT2D eigenvalue weighted by Gasteiger charge is 2.25. The summed E-state index contributed by atoms with van der Waals surface area (Å²) < 4.78 is 53.8. The van der Waals surface area contributed by atoms with Crippen molar-refractivity contribution in [1.29, 1.82) is 0 Å². The van der Waals surface area contributed by atoms with Gasteiger partial charge in [-0.05, 0) is 43.3 Å². The van der Waals surface area contributed by atoms with Gasteiger partial charge in [0.25, 0.3) is 0 Å². The summed E-state index contributed by atoms with van der Waals surface area (Å²) in [6.07, 6.45) is 1.01. The molecule has 0 aliphatic rings. The first-order valence-corrected chi connectivity index (χ1v) is 9.49. The number of aliphatic hydroxyl groups is 1. The SMILES string of the molecule is CC(O)(CNS(C)(=O)=O)Cn1c2ccc(F)cc2c2cc(F)ccc21. The van der Waals surface area contributed by atoms with Crippen molar-refractivity contribution in [2.24, 2.45) is 0 Å². The van der Waals surface area contributed by atoms with E-state index >= 15 is 0 Å². The van der Waals surface area contributed by atoms with Crippen molar-refractivity contribution in [1.82, 2.24) is 9.29 Å². The summed E-state index contributed by atoms with van der Waals surface area (Å²) >= 11 is 0. The van der Waals surface area contributed by atoms with E-state index in [-0.39, 0.29) is 13.1 Å². The lowest BCUT2D eigenvalue weighted by atomic mass is 10.1. The summed E-state index contributed by atoms with van der Waals surface area (Å²) in [5, 5.41) is 11.6. The summed E-state index contributed by atoms with van der Waals surface area (Å²) in [4.78, 5) is 0. The van der Waals surface area contributed by atoms with Crippen molar-refractivity contribution in [3.05, 3.63) is 48.0 Å². The molecule has 3 rings (SSSR count). The summed E-state index contributed by atoms with van der Waals surface area (Å²) in [5.74, 6) is -0.886. The third-order valence-electron chi connectivity index (χ3n) is 4.00. The first kappa shape index (κ1) is 17.8. The molecule has 0 spiro atoms. The molecule has 1 atom stereocenters. The van der Waals surface area contributed by atoms with Crippen LogP contribution in [0.3, 0.4) is 0 Å². The predicted octanol–water partition coefficient (Wildman–Crippen LogP) is 2.37. The molecule has 8 heteroatoms. The van der Waals surface area contributed by atoms with Gasteiger partial charge in [-0.25, -0.2) is 21.9 Å². The Bertz CT molecular complexity index is 999. The van der Waals surface area contributed by atoms with E-state index in [2.05, 4.69) is 4.72 Å². The van der Waals surface area contributed by atoms with E-state index in [1.54, 1.807) is 16.7 Å². The number of sulfonamides is 1. The monoisotopic (exact) mass is 368 g/mol. The summed E-state index contributed by atoms with van der Waals surface area (Å²) in [7, 11) is -3.45. The number of hydrogen-bond donors (Lipinski definition) is 2. The molecule has 0 radical (unpaired) electrons. The molecule has 0 amide bonds. The smallest absolute Gasteiger partial charge is 0.208 e. The van der Waals surface area contributed by atoms with Crippen molar-refractivity contribution >= 4 is 31.8 Å². The van der Waals surface area contributed by atoms with Gasteiger partial charge in [-0.3, -0.25) is 0 Å². The molecule has 2 aromatic carbocycles. The largest absolute Gasteiger partial charge is 0.387 e. The molecule has 0 bridgehead atoms. The second-order valence-corrected chi connectivity index (χ2v) is 8.33. The minimum Gasteiger partial charge on any atom is -0.387 e. The van der Waals surface area contributed by atoms with Crippen LogP contribution in [0.15, 0.2) is 36.4 Å². The molecular weight excluding hydrogens is 350 g/mol. The minimum absolute atomic E-state index is 0.0484. The van der Waals surface area contributed by atoms with Gasteiger partial charge in [0.15, 0.2) is 0 Å². The predicted molar refractivity (Wildman–Crippen MR) is 92.8 cm³/mol. The fourth-order valence-corrected chi connectivity index (χ4v) is 3.48. The Morgan fingerprint density at radius 2 is 1.56 bits per heavy atom. The quantitative estimate of drug-likeness (QED) is 0.726. The van der Waals surface area contributed by atoms with E-state index in [4.69, 9.17) is 0 Å².